The molecule has 0 aliphatic rings. The van der Waals surface area contributed by atoms with E-state index < -0.39 is 5.82 Å². The number of guanidine groups is 1. The van der Waals surface area contributed by atoms with Crippen LogP contribution in [0.3, 0.4) is 0 Å². The highest BCUT2D eigenvalue weighted by atomic mass is 127. The molecule has 2 aromatic rings. The van der Waals surface area contributed by atoms with Crippen molar-refractivity contribution in [3.8, 4) is 5.75 Å². The lowest BCUT2D eigenvalue weighted by Crippen LogP contribution is -2.42. The quantitative estimate of drug-likeness (QED) is 0.286. The van der Waals surface area contributed by atoms with E-state index in [0.717, 1.165) is 5.56 Å². The number of rotatable bonds is 8. The fourth-order valence-electron chi connectivity index (χ4n) is 2.30. The molecule has 0 radical (unpaired) electrons. The minimum absolute atomic E-state index is 0. The molecule has 1 atom stereocenters. The summed E-state index contributed by atoms with van der Waals surface area (Å²) in [5, 5.41) is 8.88. The summed E-state index contributed by atoms with van der Waals surface area (Å²) in [6.07, 6.45) is 1.69. The predicted octanol–water partition coefficient (Wildman–Crippen LogP) is 3.11. The van der Waals surface area contributed by atoms with Crippen molar-refractivity contribution >= 4 is 41.7 Å². The molecular formula is C20H27FIN5O2. The van der Waals surface area contributed by atoms with Crippen LogP contribution in [0, 0.1) is 12.7 Å². The maximum absolute atomic E-state index is 13.6. The summed E-state index contributed by atoms with van der Waals surface area (Å²) in [4.78, 5) is 20.2. The Bertz CT molecular complexity index is 802. The van der Waals surface area contributed by atoms with E-state index in [4.69, 9.17) is 4.74 Å². The van der Waals surface area contributed by atoms with Crippen molar-refractivity contribution < 1.29 is 13.9 Å². The molecule has 0 fully saturated rings. The van der Waals surface area contributed by atoms with Gasteiger partial charge in [0.2, 0.25) is 5.91 Å². The lowest BCUT2D eigenvalue weighted by atomic mass is 10.3. The summed E-state index contributed by atoms with van der Waals surface area (Å²) in [7, 11) is 1.63. The lowest BCUT2D eigenvalue weighted by Gasteiger charge is -2.18. The van der Waals surface area contributed by atoms with Crippen molar-refractivity contribution in [1.82, 2.24) is 15.6 Å². The number of ether oxygens (including phenoxy) is 1. The average molecular weight is 515 g/mol. The molecule has 0 bridgehead atoms. The number of aromatic nitrogens is 1. The standard InChI is InChI=1S/C20H26FN5O2.HI/c1-14-8-9-18(24-12-14)26-19(27)10-11-23-20(22-3)25-13-15(2)28-17-7-5-4-6-16(17)21;/h4-9,12,15H,10-11,13H2,1-3H3,(H2,22,23,25)(H,24,26,27);1H. The number of nitrogens with one attached hydrogen (secondary N) is 3. The number of hydrogen-bond acceptors (Lipinski definition) is 4. The molecule has 158 valence electrons. The summed E-state index contributed by atoms with van der Waals surface area (Å²) < 4.78 is 19.2. The van der Waals surface area contributed by atoms with Crippen LogP contribution < -0.4 is 20.7 Å². The number of halogens is 2. The Morgan fingerprint density at radius 1 is 1.24 bits per heavy atom. The van der Waals surface area contributed by atoms with E-state index in [0.29, 0.717) is 24.9 Å². The van der Waals surface area contributed by atoms with Gasteiger partial charge in [0.1, 0.15) is 11.9 Å². The Morgan fingerprint density at radius 3 is 2.66 bits per heavy atom. The van der Waals surface area contributed by atoms with Crippen molar-refractivity contribution in [3.63, 3.8) is 0 Å². The van der Waals surface area contributed by atoms with Gasteiger partial charge in [0.05, 0.1) is 6.54 Å². The Labute approximate surface area is 187 Å². The second-order valence-electron chi connectivity index (χ2n) is 6.26. The van der Waals surface area contributed by atoms with Crippen LogP contribution in [0.2, 0.25) is 0 Å². The highest BCUT2D eigenvalue weighted by molar-refractivity contribution is 14.0. The van der Waals surface area contributed by atoms with Crippen LogP contribution in [0.25, 0.3) is 0 Å². The fraction of sp³-hybridized carbons (Fsp3) is 0.350. The minimum atomic E-state index is -0.397. The van der Waals surface area contributed by atoms with Crippen molar-refractivity contribution in [2.24, 2.45) is 4.99 Å². The maximum Gasteiger partial charge on any atom is 0.227 e. The summed E-state index contributed by atoms with van der Waals surface area (Å²) in [6, 6.07) is 9.92. The van der Waals surface area contributed by atoms with Gasteiger partial charge < -0.3 is 20.7 Å². The fourth-order valence-corrected chi connectivity index (χ4v) is 2.30. The molecule has 9 heteroatoms. The number of pyridine rings is 1. The number of para-hydroxylation sites is 1. The van der Waals surface area contributed by atoms with Crippen LogP contribution in [0.5, 0.6) is 5.75 Å². The molecule has 29 heavy (non-hydrogen) atoms. The van der Waals surface area contributed by atoms with Crippen LogP contribution in [0.15, 0.2) is 47.6 Å². The van der Waals surface area contributed by atoms with E-state index in [1.807, 2.05) is 19.9 Å². The van der Waals surface area contributed by atoms with Crippen LogP contribution in [0.1, 0.15) is 18.9 Å². The van der Waals surface area contributed by atoms with E-state index in [9.17, 15) is 9.18 Å². The van der Waals surface area contributed by atoms with E-state index >= 15 is 0 Å². The normalized spacial score (nSPS) is 11.8. The molecule has 3 N–H and O–H groups in total. The molecule has 0 saturated carbocycles. The molecule has 1 heterocycles. The van der Waals surface area contributed by atoms with E-state index in [1.54, 1.807) is 37.5 Å². The third-order valence-corrected chi connectivity index (χ3v) is 3.77. The van der Waals surface area contributed by atoms with E-state index in [2.05, 4.69) is 25.9 Å². The SMILES string of the molecule is CN=C(NCCC(=O)Nc1ccc(C)cn1)NCC(C)Oc1ccccc1F.I. The number of nitrogens with zero attached hydrogens (tertiary/aromatic N) is 2. The summed E-state index contributed by atoms with van der Waals surface area (Å²) in [5.74, 6) is 0.727. The first-order valence-corrected chi connectivity index (χ1v) is 9.06. The second-order valence-corrected chi connectivity index (χ2v) is 6.26. The predicted molar refractivity (Wildman–Crippen MR) is 123 cm³/mol. The summed E-state index contributed by atoms with van der Waals surface area (Å²) in [5.41, 5.74) is 1.03. The number of amides is 1. The first-order valence-electron chi connectivity index (χ1n) is 9.06. The Morgan fingerprint density at radius 2 is 2.00 bits per heavy atom. The monoisotopic (exact) mass is 515 g/mol. The first kappa shape index (κ1) is 24.6. The number of carbonyl (C=O) groups is 1. The Kier molecular flexibility index (Phi) is 11.0. The molecule has 7 nitrogen and oxygen atoms in total. The molecule has 0 spiro atoms. The molecule has 0 saturated heterocycles. The van der Waals surface area contributed by atoms with Gasteiger partial charge in [-0.25, -0.2) is 9.37 Å². The molecule has 0 aliphatic carbocycles. The van der Waals surface area contributed by atoms with Crippen molar-refractivity contribution in [1.29, 1.82) is 0 Å². The van der Waals surface area contributed by atoms with E-state index in [1.165, 1.54) is 6.07 Å². The van der Waals surface area contributed by atoms with Crippen molar-refractivity contribution in [3.05, 3.63) is 54.0 Å². The number of carbonyl (C=O) groups excluding carboxylic acids is 1. The number of hydrogen-bond donors (Lipinski definition) is 3. The van der Waals surface area contributed by atoms with Gasteiger partial charge in [-0.2, -0.15) is 0 Å². The molecule has 2 rings (SSSR count). The third kappa shape index (κ3) is 9.07. The maximum atomic E-state index is 13.6. The van der Waals surface area contributed by atoms with Gasteiger partial charge in [-0.05, 0) is 37.6 Å². The number of anilines is 1. The van der Waals surface area contributed by atoms with Crippen LogP contribution >= 0.6 is 24.0 Å². The van der Waals surface area contributed by atoms with Gasteiger partial charge >= 0.3 is 0 Å². The largest absolute Gasteiger partial charge is 0.486 e. The smallest absolute Gasteiger partial charge is 0.227 e. The van der Waals surface area contributed by atoms with Crippen LogP contribution in [0.4, 0.5) is 10.2 Å². The zero-order valence-electron chi connectivity index (χ0n) is 16.7. The molecule has 0 aliphatic heterocycles. The summed E-state index contributed by atoms with van der Waals surface area (Å²) >= 11 is 0. The number of aliphatic imine (C=N–C) groups is 1. The highest BCUT2D eigenvalue weighted by Gasteiger charge is 2.09. The van der Waals surface area contributed by atoms with E-state index in [-0.39, 0.29) is 48.2 Å². The highest BCUT2D eigenvalue weighted by Crippen LogP contribution is 2.16. The van der Waals surface area contributed by atoms with Crippen molar-refractivity contribution in [2.75, 3.05) is 25.5 Å². The topological polar surface area (TPSA) is 87.6 Å². The molecule has 1 amide bonds. The molecule has 1 aromatic carbocycles. The van der Waals surface area contributed by atoms with Gasteiger partial charge in [-0.15, -0.1) is 24.0 Å². The Hall–Kier alpha value is -2.43. The first-order chi connectivity index (χ1) is 13.5. The van der Waals surface area contributed by atoms with Gasteiger partial charge in [0.25, 0.3) is 0 Å². The zero-order chi connectivity index (χ0) is 20.4. The van der Waals surface area contributed by atoms with Gasteiger partial charge in [0, 0.05) is 26.2 Å². The lowest BCUT2D eigenvalue weighted by molar-refractivity contribution is -0.116. The summed E-state index contributed by atoms with van der Waals surface area (Å²) in [6.45, 7) is 4.59. The zero-order valence-corrected chi connectivity index (χ0v) is 19.1. The molecular weight excluding hydrogens is 488 g/mol. The number of aryl methyl sites for hydroxylation is 1. The molecule has 1 unspecified atom stereocenters. The Balaban J connectivity index is 0.00000420. The second kappa shape index (κ2) is 12.9. The molecule has 1 aromatic heterocycles. The van der Waals surface area contributed by atoms with Crippen molar-refractivity contribution in [2.45, 2.75) is 26.4 Å². The minimum Gasteiger partial charge on any atom is -0.486 e. The van der Waals surface area contributed by atoms with Gasteiger partial charge in [0.15, 0.2) is 17.5 Å². The number of benzene rings is 1. The van der Waals surface area contributed by atoms with Gasteiger partial charge in [-0.1, -0.05) is 18.2 Å². The third-order valence-electron chi connectivity index (χ3n) is 3.77. The van der Waals surface area contributed by atoms with Crippen LogP contribution in [-0.4, -0.2) is 43.1 Å². The average Bonchev–Trinajstić information content (AvgIpc) is 2.68. The van der Waals surface area contributed by atoms with Crippen LogP contribution in [-0.2, 0) is 4.79 Å². The van der Waals surface area contributed by atoms with Gasteiger partial charge in [-0.3, -0.25) is 9.79 Å².